The number of carbonyl (C=O) groups is 1. The van der Waals surface area contributed by atoms with Crippen molar-refractivity contribution in [1.82, 2.24) is 5.32 Å². The van der Waals surface area contributed by atoms with Gasteiger partial charge in [0, 0.05) is 5.33 Å². The van der Waals surface area contributed by atoms with Gasteiger partial charge in [-0.15, -0.1) is 0 Å². The molecular formula is C13H15BrFNO2. The van der Waals surface area contributed by atoms with E-state index in [1.165, 1.54) is 6.07 Å². The van der Waals surface area contributed by atoms with Crippen molar-refractivity contribution in [3.05, 3.63) is 29.6 Å². The Balaban J connectivity index is 2.18. The molecule has 1 fully saturated rings. The summed E-state index contributed by atoms with van der Waals surface area (Å²) in [7, 11) is 0. The monoisotopic (exact) mass is 315 g/mol. The average Bonchev–Trinajstić information content (AvgIpc) is 2.81. The van der Waals surface area contributed by atoms with Gasteiger partial charge in [0.2, 0.25) is 0 Å². The molecule has 1 aromatic rings. The zero-order chi connectivity index (χ0) is 13.2. The van der Waals surface area contributed by atoms with Crippen LogP contribution < -0.4 is 5.32 Å². The fraction of sp³-hybridized carbons (Fsp3) is 0.462. The molecule has 0 atom stereocenters. The van der Waals surface area contributed by atoms with Crippen molar-refractivity contribution in [3.8, 4) is 5.75 Å². The number of nitrogens with one attached hydrogen (secondary N) is 1. The van der Waals surface area contributed by atoms with E-state index in [1.54, 1.807) is 0 Å². The van der Waals surface area contributed by atoms with Crippen LogP contribution in [0.25, 0.3) is 0 Å². The third-order valence-electron chi connectivity index (χ3n) is 3.40. The maximum absolute atomic E-state index is 13.1. The highest BCUT2D eigenvalue weighted by Gasteiger charge is 2.34. The Morgan fingerprint density at radius 2 is 2.11 bits per heavy atom. The number of carbonyl (C=O) groups excluding carboxylic acids is 1. The quantitative estimate of drug-likeness (QED) is 0.842. The highest BCUT2D eigenvalue weighted by molar-refractivity contribution is 9.09. The van der Waals surface area contributed by atoms with Crippen LogP contribution in [0.5, 0.6) is 5.75 Å². The lowest BCUT2D eigenvalue weighted by Gasteiger charge is -2.28. The zero-order valence-corrected chi connectivity index (χ0v) is 11.5. The van der Waals surface area contributed by atoms with E-state index in [-0.39, 0.29) is 16.9 Å². The number of benzene rings is 1. The molecule has 0 bridgehead atoms. The average molecular weight is 316 g/mol. The van der Waals surface area contributed by atoms with Crippen LogP contribution in [0.2, 0.25) is 0 Å². The highest BCUT2D eigenvalue weighted by Crippen LogP contribution is 2.32. The first kappa shape index (κ1) is 13.3. The first-order valence-electron chi connectivity index (χ1n) is 5.93. The maximum Gasteiger partial charge on any atom is 0.255 e. The summed E-state index contributed by atoms with van der Waals surface area (Å²) in [4.78, 5) is 12.1. The molecule has 0 heterocycles. The summed E-state index contributed by atoms with van der Waals surface area (Å²) in [6.07, 6.45) is 3.95. The Bertz CT molecular complexity index is 458. The van der Waals surface area contributed by atoms with Crippen LogP contribution in [0.1, 0.15) is 36.0 Å². The normalized spacial score (nSPS) is 17.7. The number of hydrogen-bond donors (Lipinski definition) is 2. The van der Waals surface area contributed by atoms with Crippen molar-refractivity contribution in [2.24, 2.45) is 0 Å². The van der Waals surface area contributed by atoms with Crippen LogP contribution >= 0.6 is 15.9 Å². The summed E-state index contributed by atoms with van der Waals surface area (Å²) in [5.41, 5.74) is -0.280. The summed E-state index contributed by atoms with van der Waals surface area (Å²) in [6.45, 7) is 0. The van der Waals surface area contributed by atoms with Crippen LogP contribution in [0.4, 0.5) is 4.39 Å². The molecule has 1 aliphatic rings. The van der Waals surface area contributed by atoms with E-state index >= 15 is 0 Å². The van der Waals surface area contributed by atoms with Gasteiger partial charge in [-0.1, -0.05) is 28.8 Å². The summed E-state index contributed by atoms with van der Waals surface area (Å²) in [5.74, 6) is -1.15. The SMILES string of the molecule is O=C(NC1(CBr)CCCC1)c1cc(F)ccc1O. The van der Waals surface area contributed by atoms with Gasteiger partial charge in [-0.25, -0.2) is 4.39 Å². The second-order valence-electron chi connectivity index (χ2n) is 4.74. The number of phenols is 1. The van der Waals surface area contributed by atoms with Gasteiger partial charge < -0.3 is 10.4 Å². The molecule has 98 valence electrons. The van der Waals surface area contributed by atoms with Gasteiger partial charge in [-0.3, -0.25) is 4.79 Å². The van der Waals surface area contributed by atoms with Crippen LogP contribution in [0.3, 0.4) is 0 Å². The molecule has 0 radical (unpaired) electrons. The number of alkyl halides is 1. The molecular weight excluding hydrogens is 301 g/mol. The highest BCUT2D eigenvalue weighted by atomic mass is 79.9. The van der Waals surface area contributed by atoms with Crippen LogP contribution in [-0.2, 0) is 0 Å². The van der Waals surface area contributed by atoms with Gasteiger partial charge in [0.1, 0.15) is 11.6 Å². The van der Waals surface area contributed by atoms with E-state index in [4.69, 9.17) is 0 Å². The van der Waals surface area contributed by atoms with Gasteiger partial charge in [0.05, 0.1) is 11.1 Å². The summed E-state index contributed by atoms with van der Waals surface area (Å²) in [5, 5.41) is 13.2. The molecule has 0 aliphatic heterocycles. The largest absolute Gasteiger partial charge is 0.507 e. The molecule has 2 N–H and O–H groups in total. The molecule has 1 aliphatic carbocycles. The van der Waals surface area contributed by atoms with Gasteiger partial charge in [-0.05, 0) is 31.0 Å². The minimum atomic E-state index is -0.530. The smallest absolute Gasteiger partial charge is 0.255 e. The van der Waals surface area contributed by atoms with Crippen molar-refractivity contribution >= 4 is 21.8 Å². The first-order valence-corrected chi connectivity index (χ1v) is 7.05. The fourth-order valence-electron chi connectivity index (χ4n) is 2.34. The second-order valence-corrected chi connectivity index (χ2v) is 5.30. The molecule has 0 aromatic heterocycles. The van der Waals surface area contributed by atoms with E-state index in [0.29, 0.717) is 5.33 Å². The second kappa shape index (κ2) is 5.26. The number of phenolic OH excluding ortho intramolecular Hbond substituents is 1. The predicted molar refractivity (Wildman–Crippen MR) is 70.5 cm³/mol. The van der Waals surface area contributed by atoms with Crippen molar-refractivity contribution in [3.63, 3.8) is 0 Å². The lowest BCUT2D eigenvalue weighted by molar-refractivity contribution is 0.0907. The van der Waals surface area contributed by atoms with E-state index in [0.717, 1.165) is 37.8 Å². The molecule has 3 nitrogen and oxygen atoms in total. The lowest BCUT2D eigenvalue weighted by Crippen LogP contribution is -2.47. The third kappa shape index (κ3) is 2.66. The number of hydrogen-bond acceptors (Lipinski definition) is 2. The molecule has 1 aromatic carbocycles. The maximum atomic E-state index is 13.1. The van der Waals surface area contributed by atoms with E-state index in [9.17, 15) is 14.3 Å². The third-order valence-corrected chi connectivity index (χ3v) is 4.47. The minimum absolute atomic E-state index is 0.0118. The van der Waals surface area contributed by atoms with E-state index in [2.05, 4.69) is 21.2 Å². The van der Waals surface area contributed by atoms with Crippen LogP contribution in [-0.4, -0.2) is 21.9 Å². The number of amides is 1. The Morgan fingerprint density at radius 1 is 1.44 bits per heavy atom. The topological polar surface area (TPSA) is 49.3 Å². The molecule has 0 spiro atoms. The minimum Gasteiger partial charge on any atom is -0.507 e. The molecule has 0 saturated heterocycles. The Morgan fingerprint density at radius 3 is 2.72 bits per heavy atom. The first-order chi connectivity index (χ1) is 8.56. The van der Waals surface area contributed by atoms with Crippen molar-refractivity contribution in [2.45, 2.75) is 31.2 Å². The standard InChI is InChI=1S/C13H15BrFNO2/c14-8-13(5-1-2-6-13)16-12(18)10-7-9(15)3-4-11(10)17/h3-4,7,17H,1-2,5-6,8H2,(H,16,18). The van der Waals surface area contributed by atoms with Crippen molar-refractivity contribution in [2.75, 3.05) is 5.33 Å². The van der Waals surface area contributed by atoms with Gasteiger partial charge in [0.25, 0.3) is 5.91 Å². The summed E-state index contributed by atoms with van der Waals surface area (Å²) >= 11 is 3.42. The lowest BCUT2D eigenvalue weighted by atomic mass is 10.00. The summed E-state index contributed by atoms with van der Waals surface area (Å²) < 4.78 is 13.1. The van der Waals surface area contributed by atoms with E-state index < -0.39 is 11.7 Å². The molecule has 18 heavy (non-hydrogen) atoms. The van der Waals surface area contributed by atoms with Gasteiger partial charge in [0.15, 0.2) is 0 Å². The Labute approximate surface area is 114 Å². The predicted octanol–water partition coefficient (Wildman–Crippen LogP) is 2.97. The van der Waals surface area contributed by atoms with Crippen LogP contribution in [0.15, 0.2) is 18.2 Å². The van der Waals surface area contributed by atoms with Gasteiger partial charge >= 0.3 is 0 Å². The Hall–Kier alpha value is -1.10. The van der Waals surface area contributed by atoms with E-state index in [1.807, 2.05) is 0 Å². The zero-order valence-electron chi connectivity index (χ0n) is 9.88. The number of aromatic hydroxyl groups is 1. The fourth-order valence-corrected chi connectivity index (χ4v) is 3.04. The molecule has 1 saturated carbocycles. The van der Waals surface area contributed by atoms with Crippen LogP contribution in [0, 0.1) is 5.82 Å². The van der Waals surface area contributed by atoms with Gasteiger partial charge in [-0.2, -0.15) is 0 Å². The molecule has 2 rings (SSSR count). The molecule has 1 amide bonds. The number of halogens is 2. The molecule has 5 heteroatoms. The molecule has 0 unspecified atom stereocenters. The summed E-state index contributed by atoms with van der Waals surface area (Å²) in [6, 6.07) is 3.38. The van der Waals surface area contributed by atoms with Crippen molar-refractivity contribution in [1.29, 1.82) is 0 Å². The number of rotatable bonds is 3. The van der Waals surface area contributed by atoms with Crippen molar-refractivity contribution < 1.29 is 14.3 Å². The Kier molecular flexibility index (Phi) is 3.90.